The van der Waals surface area contributed by atoms with E-state index in [1.165, 1.54) is 30.3 Å². The van der Waals surface area contributed by atoms with Gasteiger partial charge >= 0.3 is 5.97 Å². The number of carbonyl (C=O) groups is 3. The van der Waals surface area contributed by atoms with Crippen molar-refractivity contribution in [3.63, 3.8) is 0 Å². The average Bonchev–Trinajstić information content (AvgIpc) is 3.09. The summed E-state index contributed by atoms with van der Waals surface area (Å²) in [5, 5.41) is -0.00381. The van der Waals surface area contributed by atoms with E-state index < -0.39 is 22.9 Å². The number of hydrogen-bond donors (Lipinski definition) is 0. The van der Waals surface area contributed by atoms with Crippen LogP contribution in [0.4, 0.5) is 9.18 Å². The molecule has 9 heteroatoms. The highest BCUT2D eigenvalue weighted by Gasteiger charge is 2.35. The lowest BCUT2D eigenvalue weighted by Crippen LogP contribution is -2.27. The number of carbonyl (C=O) groups excluding carboxylic acids is 3. The molecular weight excluding hydrogens is 493 g/mol. The van der Waals surface area contributed by atoms with Crippen LogP contribution in [0.15, 0.2) is 71.6 Å². The first kappa shape index (κ1) is 24.5. The van der Waals surface area contributed by atoms with Gasteiger partial charge in [-0.05, 0) is 78.4 Å². The molecule has 1 saturated heterocycles. The zero-order valence-corrected chi connectivity index (χ0v) is 20.1. The Bertz CT molecular complexity index is 1330. The van der Waals surface area contributed by atoms with Crippen LogP contribution in [0.25, 0.3) is 6.08 Å². The second kappa shape index (κ2) is 10.8. The van der Waals surface area contributed by atoms with Crippen LogP contribution in [0.5, 0.6) is 11.5 Å². The minimum atomic E-state index is -0.594. The fourth-order valence-electron chi connectivity index (χ4n) is 3.30. The first-order valence-electron chi connectivity index (χ1n) is 10.6. The number of benzene rings is 3. The average molecular weight is 512 g/mol. The van der Waals surface area contributed by atoms with Crippen molar-refractivity contribution in [1.29, 1.82) is 0 Å². The standard InChI is InChI=1S/C26H19ClFNO5S/c1-2-33-22-12-17(8-11-21(22)34-25(31)18-4-3-5-19(27)14-18)13-23-24(30)29(26(32)35-23)15-16-6-9-20(28)10-7-16/h3-14H,2,15H2,1H3/b23-13-. The quantitative estimate of drug-likeness (QED) is 0.209. The number of amides is 2. The van der Waals surface area contributed by atoms with Crippen LogP contribution in [-0.2, 0) is 11.3 Å². The SMILES string of the molecule is CCOc1cc(/C=C2\SC(=O)N(Cc3ccc(F)cc3)C2=O)ccc1OC(=O)c1cccc(Cl)c1. The fourth-order valence-corrected chi connectivity index (χ4v) is 4.33. The summed E-state index contributed by atoms with van der Waals surface area (Å²) in [6.45, 7) is 2.15. The van der Waals surface area contributed by atoms with E-state index in [0.717, 1.165) is 16.7 Å². The van der Waals surface area contributed by atoms with Crippen molar-refractivity contribution in [1.82, 2.24) is 4.90 Å². The third-order valence-corrected chi connectivity index (χ3v) is 6.10. The molecule has 35 heavy (non-hydrogen) atoms. The van der Waals surface area contributed by atoms with E-state index >= 15 is 0 Å². The molecule has 4 rings (SSSR count). The Morgan fingerprint density at radius 1 is 1.06 bits per heavy atom. The molecule has 0 radical (unpaired) electrons. The molecule has 2 amide bonds. The second-order valence-corrected chi connectivity index (χ2v) is 8.86. The summed E-state index contributed by atoms with van der Waals surface area (Å²) < 4.78 is 24.3. The molecule has 3 aromatic carbocycles. The molecule has 0 saturated carbocycles. The van der Waals surface area contributed by atoms with Crippen molar-refractivity contribution in [2.24, 2.45) is 0 Å². The van der Waals surface area contributed by atoms with Crippen LogP contribution < -0.4 is 9.47 Å². The number of hydrogen-bond acceptors (Lipinski definition) is 6. The first-order chi connectivity index (χ1) is 16.8. The Balaban J connectivity index is 1.53. The van der Waals surface area contributed by atoms with Gasteiger partial charge in [0.05, 0.1) is 23.6 Å². The van der Waals surface area contributed by atoms with Crippen molar-refractivity contribution in [3.8, 4) is 11.5 Å². The van der Waals surface area contributed by atoms with E-state index in [-0.39, 0.29) is 17.2 Å². The molecule has 0 atom stereocenters. The van der Waals surface area contributed by atoms with Gasteiger partial charge in [-0.1, -0.05) is 35.9 Å². The highest BCUT2D eigenvalue weighted by Crippen LogP contribution is 2.35. The zero-order valence-electron chi connectivity index (χ0n) is 18.5. The van der Waals surface area contributed by atoms with Gasteiger partial charge in [-0.15, -0.1) is 0 Å². The molecule has 0 aromatic heterocycles. The van der Waals surface area contributed by atoms with Crippen LogP contribution in [0.3, 0.4) is 0 Å². The third kappa shape index (κ3) is 5.90. The van der Waals surface area contributed by atoms with E-state index in [4.69, 9.17) is 21.1 Å². The van der Waals surface area contributed by atoms with E-state index in [1.807, 2.05) is 0 Å². The van der Waals surface area contributed by atoms with E-state index in [1.54, 1.807) is 49.4 Å². The smallest absolute Gasteiger partial charge is 0.343 e. The van der Waals surface area contributed by atoms with E-state index in [2.05, 4.69) is 0 Å². The molecule has 0 aliphatic carbocycles. The Hall–Kier alpha value is -3.62. The van der Waals surface area contributed by atoms with Gasteiger partial charge in [0.1, 0.15) is 5.82 Å². The number of ether oxygens (including phenoxy) is 2. The maximum Gasteiger partial charge on any atom is 0.343 e. The van der Waals surface area contributed by atoms with Gasteiger partial charge in [0.15, 0.2) is 11.5 Å². The summed E-state index contributed by atoms with van der Waals surface area (Å²) in [5.74, 6) is -0.919. The maximum absolute atomic E-state index is 13.1. The van der Waals surface area contributed by atoms with Crippen molar-refractivity contribution < 1.29 is 28.2 Å². The number of imide groups is 1. The van der Waals surface area contributed by atoms with Crippen molar-refractivity contribution >= 4 is 46.6 Å². The molecule has 0 spiro atoms. The molecule has 1 fully saturated rings. The zero-order chi connectivity index (χ0) is 24.9. The highest BCUT2D eigenvalue weighted by molar-refractivity contribution is 8.18. The fraction of sp³-hybridized carbons (Fsp3) is 0.115. The monoisotopic (exact) mass is 511 g/mol. The predicted octanol–water partition coefficient (Wildman–Crippen LogP) is 6.33. The molecule has 178 valence electrons. The largest absolute Gasteiger partial charge is 0.490 e. The van der Waals surface area contributed by atoms with Gasteiger partial charge in [-0.2, -0.15) is 0 Å². The molecule has 0 unspecified atom stereocenters. The maximum atomic E-state index is 13.1. The topological polar surface area (TPSA) is 72.9 Å². The van der Waals surface area contributed by atoms with Crippen molar-refractivity contribution in [2.45, 2.75) is 13.5 Å². The van der Waals surface area contributed by atoms with Gasteiger partial charge in [-0.25, -0.2) is 9.18 Å². The van der Waals surface area contributed by atoms with Gasteiger partial charge in [-0.3, -0.25) is 14.5 Å². The minimum absolute atomic E-state index is 0.0465. The van der Waals surface area contributed by atoms with Crippen LogP contribution in [0.2, 0.25) is 5.02 Å². The molecule has 3 aromatic rings. The molecule has 6 nitrogen and oxygen atoms in total. The number of thioether (sulfide) groups is 1. The van der Waals surface area contributed by atoms with Crippen LogP contribution in [0.1, 0.15) is 28.4 Å². The predicted molar refractivity (Wildman–Crippen MR) is 132 cm³/mol. The summed E-state index contributed by atoms with van der Waals surface area (Å²) in [6.07, 6.45) is 1.57. The van der Waals surface area contributed by atoms with Crippen LogP contribution >= 0.6 is 23.4 Å². The number of nitrogens with zero attached hydrogens (tertiary/aromatic N) is 1. The molecule has 1 aliphatic heterocycles. The molecule has 0 bridgehead atoms. The molecule has 1 aliphatic rings. The van der Waals surface area contributed by atoms with Gasteiger partial charge < -0.3 is 9.47 Å². The lowest BCUT2D eigenvalue weighted by Gasteiger charge is -2.12. The Morgan fingerprint density at radius 3 is 2.54 bits per heavy atom. The third-order valence-electron chi connectivity index (χ3n) is 4.96. The normalized spacial score (nSPS) is 14.5. The molecule has 1 heterocycles. The van der Waals surface area contributed by atoms with E-state index in [0.29, 0.717) is 34.1 Å². The van der Waals surface area contributed by atoms with Gasteiger partial charge in [0.2, 0.25) is 0 Å². The van der Waals surface area contributed by atoms with E-state index in [9.17, 15) is 18.8 Å². The Kier molecular flexibility index (Phi) is 7.53. The number of esters is 1. The van der Waals surface area contributed by atoms with Crippen LogP contribution in [-0.4, -0.2) is 28.6 Å². The highest BCUT2D eigenvalue weighted by atomic mass is 35.5. The summed E-state index contributed by atoms with van der Waals surface area (Å²) >= 11 is 6.77. The number of rotatable bonds is 7. The summed E-state index contributed by atoms with van der Waals surface area (Å²) in [7, 11) is 0. The minimum Gasteiger partial charge on any atom is -0.490 e. The van der Waals surface area contributed by atoms with Crippen molar-refractivity contribution in [2.75, 3.05) is 6.61 Å². The summed E-state index contributed by atoms with van der Waals surface area (Å²) in [5.41, 5.74) is 1.52. The molecular formula is C26H19ClFNO5S. The lowest BCUT2D eigenvalue weighted by atomic mass is 10.1. The Labute approximate surface area is 210 Å². The first-order valence-corrected chi connectivity index (χ1v) is 11.8. The second-order valence-electron chi connectivity index (χ2n) is 7.43. The number of halogens is 2. The van der Waals surface area contributed by atoms with Crippen molar-refractivity contribution in [3.05, 3.63) is 99.2 Å². The van der Waals surface area contributed by atoms with Gasteiger partial charge in [0, 0.05) is 5.02 Å². The lowest BCUT2D eigenvalue weighted by molar-refractivity contribution is -0.123. The van der Waals surface area contributed by atoms with Gasteiger partial charge in [0.25, 0.3) is 11.1 Å². The Morgan fingerprint density at radius 2 is 1.83 bits per heavy atom. The van der Waals surface area contributed by atoms with Crippen LogP contribution in [0, 0.1) is 5.82 Å². The molecule has 0 N–H and O–H groups in total. The summed E-state index contributed by atoms with van der Waals surface area (Å²) in [6, 6.07) is 16.8. The summed E-state index contributed by atoms with van der Waals surface area (Å²) in [4.78, 5) is 39.1.